The van der Waals surface area contributed by atoms with E-state index in [2.05, 4.69) is 10.1 Å². The van der Waals surface area contributed by atoms with Crippen molar-refractivity contribution < 1.29 is 4.79 Å². The number of pyridine rings is 1. The van der Waals surface area contributed by atoms with Crippen molar-refractivity contribution in [3.63, 3.8) is 0 Å². The molecule has 1 unspecified atom stereocenters. The van der Waals surface area contributed by atoms with Gasteiger partial charge in [0, 0.05) is 48.7 Å². The van der Waals surface area contributed by atoms with Crippen molar-refractivity contribution in [2.45, 2.75) is 44.4 Å². The van der Waals surface area contributed by atoms with E-state index in [1.165, 1.54) is 10.6 Å². The second-order valence-electron chi connectivity index (χ2n) is 8.95. The number of fused-ring (bicyclic) bond motifs is 3. The van der Waals surface area contributed by atoms with Crippen molar-refractivity contribution in [1.82, 2.24) is 28.9 Å². The van der Waals surface area contributed by atoms with Gasteiger partial charge >= 0.3 is 0 Å². The first kappa shape index (κ1) is 19.9. The van der Waals surface area contributed by atoms with Gasteiger partial charge in [-0.2, -0.15) is 0 Å². The summed E-state index contributed by atoms with van der Waals surface area (Å²) in [4.78, 5) is 49.8. The van der Waals surface area contributed by atoms with E-state index >= 15 is 0 Å². The van der Waals surface area contributed by atoms with Gasteiger partial charge in [-0.15, -0.1) is 0 Å². The zero-order chi connectivity index (χ0) is 22.5. The minimum atomic E-state index is -0.361. The molecule has 5 heterocycles. The molecule has 1 N–H and O–H groups in total. The molecule has 0 bridgehead atoms. The van der Waals surface area contributed by atoms with Crippen LogP contribution in [0.25, 0.3) is 11.3 Å². The molecule has 0 aromatic carbocycles. The Morgan fingerprint density at radius 3 is 2.85 bits per heavy atom. The highest BCUT2D eigenvalue weighted by atomic mass is 16.2. The van der Waals surface area contributed by atoms with Gasteiger partial charge in [-0.1, -0.05) is 6.07 Å². The first-order chi connectivity index (χ1) is 16.1. The van der Waals surface area contributed by atoms with Crippen LogP contribution in [0.15, 0.2) is 46.2 Å². The van der Waals surface area contributed by atoms with Gasteiger partial charge in [0.2, 0.25) is 0 Å². The maximum atomic E-state index is 13.2. The van der Waals surface area contributed by atoms with Crippen molar-refractivity contribution in [2.24, 2.45) is 0 Å². The van der Waals surface area contributed by atoms with Crippen molar-refractivity contribution in [3.05, 3.63) is 79.9 Å². The number of aromatic nitrogens is 5. The number of H-pyrrole nitrogens is 1. The number of amides is 1. The third-order valence-electron chi connectivity index (χ3n) is 6.90. The van der Waals surface area contributed by atoms with Gasteiger partial charge in [-0.3, -0.25) is 23.9 Å². The largest absolute Gasteiger partial charge is 0.338 e. The average molecular weight is 444 g/mol. The van der Waals surface area contributed by atoms with Crippen LogP contribution < -0.4 is 11.1 Å². The fraction of sp³-hybridized carbons (Fsp3) is 0.375. The zero-order valence-electron chi connectivity index (χ0n) is 18.2. The summed E-state index contributed by atoms with van der Waals surface area (Å²) in [7, 11) is 0. The van der Waals surface area contributed by atoms with Crippen molar-refractivity contribution in [3.8, 4) is 0 Å². The Labute approximate surface area is 188 Å². The molecule has 1 fully saturated rings. The van der Waals surface area contributed by atoms with E-state index < -0.39 is 0 Å². The van der Waals surface area contributed by atoms with Gasteiger partial charge in [-0.25, -0.2) is 14.5 Å². The van der Waals surface area contributed by atoms with Crippen LogP contribution in [0.4, 0.5) is 0 Å². The Hall–Kier alpha value is -3.75. The van der Waals surface area contributed by atoms with Crippen LogP contribution in [0.2, 0.25) is 0 Å². The molecule has 4 aromatic rings. The fourth-order valence-corrected chi connectivity index (χ4v) is 5.14. The Balaban J connectivity index is 1.31. The molecular weight excluding hydrogens is 420 g/mol. The third kappa shape index (κ3) is 3.26. The Morgan fingerprint density at radius 2 is 1.94 bits per heavy atom. The summed E-state index contributed by atoms with van der Waals surface area (Å²) >= 11 is 0. The molecule has 1 aliphatic heterocycles. The summed E-state index contributed by atoms with van der Waals surface area (Å²) in [5.41, 5.74) is 3.47. The molecular formula is C24H24N6O3. The predicted molar refractivity (Wildman–Crippen MR) is 122 cm³/mol. The third-order valence-corrected chi connectivity index (χ3v) is 6.90. The van der Waals surface area contributed by atoms with Crippen LogP contribution in [-0.4, -0.2) is 47.9 Å². The molecule has 4 aromatic heterocycles. The number of carbonyl (C=O) groups is 1. The van der Waals surface area contributed by atoms with Crippen molar-refractivity contribution in [1.29, 1.82) is 0 Å². The molecule has 1 aliphatic carbocycles. The number of hydrogen-bond donors (Lipinski definition) is 1. The van der Waals surface area contributed by atoms with Crippen LogP contribution in [-0.2, 0) is 12.8 Å². The molecule has 1 amide bonds. The maximum absolute atomic E-state index is 13.2. The molecule has 1 saturated heterocycles. The molecule has 0 spiro atoms. The number of rotatable bonds is 2. The number of hydrogen-bond acceptors (Lipinski definition) is 5. The first-order valence-electron chi connectivity index (χ1n) is 11.5. The van der Waals surface area contributed by atoms with Crippen molar-refractivity contribution in [2.75, 3.05) is 13.1 Å². The number of nitrogens with zero attached hydrogens (tertiary/aromatic N) is 5. The lowest BCUT2D eigenvalue weighted by molar-refractivity contribution is 0.0703. The Kier molecular flexibility index (Phi) is 4.63. The van der Waals surface area contributed by atoms with Gasteiger partial charge < -0.3 is 4.90 Å². The summed E-state index contributed by atoms with van der Waals surface area (Å²) in [5.74, 6) is -0.269. The summed E-state index contributed by atoms with van der Waals surface area (Å²) in [6.07, 6.45) is 8.41. The van der Waals surface area contributed by atoms with E-state index in [0.717, 1.165) is 55.5 Å². The van der Waals surface area contributed by atoms with E-state index in [0.29, 0.717) is 24.4 Å². The lowest BCUT2D eigenvalue weighted by atomic mass is 9.94. The highest BCUT2D eigenvalue weighted by Gasteiger charge is 2.29. The number of carbonyl (C=O) groups excluding carboxylic acids is 1. The quantitative estimate of drug-likeness (QED) is 0.509. The minimum Gasteiger partial charge on any atom is -0.338 e. The summed E-state index contributed by atoms with van der Waals surface area (Å²) in [6.45, 7) is 1.05. The average Bonchev–Trinajstić information content (AvgIpc) is 3.29. The first-order valence-corrected chi connectivity index (χ1v) is 11.5. The van der Waals surface area contributed by atoms with E-state index in [-0.39, 0.29) is 28.5 Å². The standard InChI is InChI=1S/C24H24N6O3/c31-22(17-13-25-20-9-3-4-11-29(20)23(17)32)28-10-5-6-15(14-28)19-12-21-26-18-8-2-1-7-16(18)24(33)30(21)27-19/h3-4,9,11-13,15,27H,1-2,5-8,10,14H2. The molecule has 33 heavy (non-hydrogen) atoms. The molecule has 6 rings (SSSR count). The normalized spacial score (nSPS) is 18.5. The van der Waals surface area contributed by atoms with E-state index in [1.54, 1.807) is 33.8 Å². The van der Waals surface area contributed by atoms with Gasteiger partial charge in [0.1, 0.15) is 11.2 Å². The van der Waals surface area contributed by atoms with Crippen molar-refractivity contribution >= 4 is 17.2 Å². The smallest absolute Gasteiger partial charge is 0.276 e. The van der Waals surface area contributed by atoms with Crippen LogP contribution in [0.3, 0.4) is 0 Å². The van der Waals surface area contributed by atoms with Gasteiger partial charge in [0.25, 0.3) is 17.0 Å². The highest BCUT2D eigenvalue weighted by Crippen LogP contribution is 2.27. The topological polar surface area (TPSA) is 105 Å². The van der Waals surface area contributed by atoms with Crippen LogP contribution >= 0.6 is 0 Å². The number of nitrogens with one attached hydrogen (secondary N) is 1. The summed E-state index contributed by atoms with van der Waals surface area (Å²) in [6, 6.07) is 7.21. The molecule has 9 nitrogen and oxygen atoms in total. The minimum absolute atomic E-state index is 0.0139. The number of aromatic amines is 1. The zero-order valence-corrected chi connectivity index (χ0v) is 18.2. The van der Waals surface area contributed by atoms with Crippen LogP contribution in [0.5, 0.6) is 0 Å². The van der Waals surface area contributed by atoms with Crippen LogP contribution in [0, 0.1) is 0 Å². The molecule has 168 valence electrons. The molecule has 1 atom stereocenters. The number of piperidine rings is 1. The van der Waals surface area contributed by atoms with Gasteiger partial charge in [0.15, 0.2) is 5.65 Å². The van der Waals surface area contributed by atoms with E-state index in [1.807, 2.05) is 6.07 Å². The lowest BCUT2D eigenvalue weighted by Crippen LogP contribution is -2.41. The van der Waals surface area contributed by atoms with Crippen LogP contribution in [0.1, 0.15) is 58.9 Å². The van der Waals surface area contributed by atoms with E-state index in [4.69, 9.17) is 4.98 Å². The highest BCUT2D eigenvalue weighted by molar-refractivity contribution is 5.93. The molecule has 0 radical (unpaired) electrons. The second-order valence-corrected chi connectivity index (χ2v) is 8.95. The monoisotopic (exact) mass is 444 g/mol. The Morgan fingerprint density at radius 1 is 1.06 bits per heavy atom. The summed E-state index contributed by atoms with van der Waals surface area (Å²) in [5, 5.41) is 3.24. The molecule has 2 aliphatic rings. The fourth-order valence-electron chi connectivity index (χ4n) is 5.14. The number of likely N-dealkylation sites (tertiary alicyclic amines) is 1. The molecule has 9 heteroatoms. The second kappa shape index (κ2) is 7.68. The maximum Gasteiger partial charge on any atom is 0.276 e. The predicted octanol–water partition coefficient (Wildman–Crippen LogP) is 1.93. The summed E-state index contributed by atoms with van der Waals surface area (Å²) < 4.78 is 2.94. The molecule has 0 saturated carbocycles. The van der Waals surface area contributed by atoms with Gasteiger partial charge in [0.05, 0.1) is 5.69 Å². The van der Waals surface area contributed by atoms with Gasteiger partial charge in [-0.05, 0) is 50.7 Å². The van der Waals surface area contributed by atoms with E-state index in [9.17, 15) is 14.4 Å². The Bertz CT molecular complexity index is 1510. The number of aryl methyl sites for hydroxylation is 1. The SMILES string of the molecule is O=C(c1cnc2ccccn2c1=O)N1CCCC(c2cc3nc4c(c(=O)n3[nH]2)CCCC4)C1. The lowest BCUT2D eigenvalue weighted by Gasteiger charge is -2.32.